The molecule has 1 aromatic heterocycles. The van der Waals surface area contributed by atoms with Crippen LogP contribution in [0, 0.1) is 0 Å². The van der Waals surface area contributed by atoms with Crippen molar-refractivity contribution >= 4 is 12.0 Å². The molecule has 2 fully saturated rings. The van der Waals surface area contributed by atoms with Crippen molar-refractivity contribution in [1.29, 1.82) is 0 Å². The van der Waals surface area contributed by atoms with Crippen molar-refractivity contribution in [2.24, 2.45) is 0 Å². The third kappa shape index (κ3) is 4.09. The first-order valence-corrected chi connectivity index (χ1v) is 9.99. The minimum atomic E-state index is -0.843. The summed E-state index contributed by atoms with van der Waals surface area (Å²) in [4.78, 5) is 25.3. The Morgan fingerprint density at radius 2 is 1.79 bits per heavy atom. The molecule has 0 radical (unpaired) electrons. The van der Waals surface area contributed by atoms with Gasteiger partial charge in [-0.1, -0.05) is 30.3 Å². The van der Waals surface area contributed by atoms with E-state index in [1.54, 1.807) is 18.5 Å². The molecule has 7 heteroatoms. The van der Waals surface area contributed by atoms with Gasteiger partial charge in [0.05, 0.1) is 5.60 Å². The minimum absolute atomic E-state index is 0.0454. The number of piperidine rings is 2. The zero-order valence-corrected chi connectivity index (χ0v) is 16.0. The number of amides is 2. The van der Waals surface area contributed by atoms with Crippen LogP contribution in [-0.2, 0) is 5.60 Å². The molecule has 28 heavy (non-hydrogen) atoms. The summed E-state index contributed by atoms with van der Waals surface area (Å²) in [5.41, 5.74) is 0.0884. The first-order chi connectivity index (χ1) is 13.6. The van der Waals surface area contributed by atoms with Crippen LogP contribution in [0.5, 0.6) is 0 Å². The van der Waals surface area contributed by atoms with E-state index in [0.717, 1.165) is 31.5 Å². The Kier molecular flexibility index (Phi) is 5.43. The number of likely N-dealkylation sites (tertiary alicyclic amines) is 1. The van der Waals surface area contributed by atoms with E-state index in [4.69, 9.17) is 0 Å². The molecular formula is C21H27N5O2. The molecule has 0 bridgehead atoms. The highest BCUT2D eigenvalue weighted by Crippen LogP contribution is 2.32. The molecule has 2 saturated heterocycles. The van der Waals surface area contributed by atoms with E-state index in [9.17, 15) is 9.90 Å². The van der Waals surface area contributed by atoms with Crippen LogP contribution in [0.3, 0.4) is 0 Å². The SMILES string of the molecule is O=C(N[C@@H]1CCCN(c2ncccn2)C1)N1CCC(O)(c2ccccc2)CC1. The van der Waals surface area contributed by atoms with Crippen LogP contribution in [0.4, 0.5) is 10.7 Å². The Bertz CT molecular complexity index is 778. The lowest BCUT2D eigenvalue weighted by Gasteiger charge is -2.40. The molecule has 3 heterocycles. The van der Waals surface area contributed by atoms with Crippen LogP contribution in [0.1, 0.15) is 31.2 Å². The predicted octanol–water partition coefficient (Wildman–Crippen LogP) is 2.14. The molecule has 0 unspecified atom stereocenters. The Balaban J connectivity index is 1.31. The number of aliphatic hydroxyl groups is 1. The first-order valence-electron chi connectivity index (χ1n) is 9.99. The van der Waals surface area contributed by atoms with Gasteiger partial charge < -0.3 is 20.2 Å². The summed E-state index contributed by atoms with van der Waals surface area (Å²) >= 11 is 0. The average Bonchev–Trinajstić information content (AvgIpc) is 2.76. The van der Waals surface area contributed by atoms with E-state index in [1.165, 1.54) is 0 Å². The first kappa shape index (κ1) is 18.7. The van der Waals surface area contributed by atoms with E-state index in [0.29, 0.717) is 31.9 Å². The van der Waals surface area contributed by atoms with Crippen molar-refractivity contribution < 1.29 is 9.90 Å². The molecule has 0 aliphatic carbocycles. The van der Waals surface area contributed by atoms with E-state index in [2.05, 4.69) is 20.2 Å². The Hall–Kier alpha value is -2.67. The number of rotatable bonds is 3. The molecule has 148 valence electrons. The molecule has 2 aliphatic heterocycles. The topological polar surface area (TPSA) is 81.6 Å². The summed E-state index contributed by atoms with van der Waals surface area (Å²) in [5, 5.41) is 14.1. The molecule has 4 rings (SSSR count). The van der Waals surface area contributed by atoms with Gasteiger partial charge in [-0.3, -0.25) is 0 Å². The van der Waals surface area contributed by atoms with Gasteiger partial charge in [0.15, 0.2) is 0 Å². The van der Waals surface area contributed by atoms with Crippen LogP contribution < -0.4 is 10.2 Å². The highest BCUT2D eigenvalue weighted by Gasteiger charge is 2.36. The zero-order chi connectivity index (χ0) is 19.4. The third-order valence-corrected chi connectivity index (χ3v) is 5.77. The number of anilines is 1. The molecule has 1 aromatic carbocycles. The fourth-order valence-corrected chi connectivity index (χ4v) is 4.11. The number of hydrogen-bond acceptors (Lipinski definition) is 5. The van der Waals surface area contributed by atoms with Gasteiger partial charge in [-0.25, -0.2) is 14.8 Å². The van der Waals surface area contributed by atoms with E-state index in [-0.39, 0.29) is 12.1 Å². The number of aromatic nitrogens is 2. The van der Waals surface area contributed by atoms with Gasteiger partial charge >= 0.3 is 6.03 Å². The van der Waals surface area contributed by atoms with Crippen molar-refractivity contribution in [1.82, 2.24) is 20.2 Å². The highest BCUT2D eigenvalue weighted by atomic mass is 16.3. The summed E-state index contributed by atoms with van der Waals surface area (Å²) < 4.78 is 0. The molecule has 2 aromatic rings. The third-order valence-electron chi connectivity index (χ3n) is 5.77. The fraction of sp³-hybridized carbons (Fsp3) is 0.476. The van der Waals surface area contributed by atoms with Crippen molar-refractivity contribution in [3.63, 3.8) is 0 Å². The second kappa shape index (κ2) is 8.14. The molecule has 2 aliphatic rings. The minimum Gasteiger partial charge on any atom is -0.385 e. The Morgan fingerprint density at radius 1 is 1.07 bits per heavy atom. The monoisotopic (exact) mass is 381 g/mol. The summed E-state index contributed by atoms with van der Waals surface area (Å²) in [5.74, 6) is 0.715. The van der Waals surface area contributed by atoms with Gasteiger partial charge in [-0.15, -0.1) is 0 Å². The summed E-state index contributed by atoms with van der Waals surface area (Å²) in [6, 6.07) is 11.6. The molecule has 1 atom stereocenters. The highest BCUT2D eigenvalue weighted by molar-refractivity contribution is 5.74. The van der Waals surface area contributed by atoms with Gasteiger partial charge in [0.25, 0.3) is 0 Å². The second-order valence-electron chi connectivity index (χ2n) is 7.67. The summed E-state index contributed by atoms with van der Waals surface area (Å²) in [7, 11) is 0. The van der Waals surface area contributed by atoms with E-state index >= 15 is 0 Å². The Labute approximate surface area is 165 Å². The molecular weight excluding hydrogens is 354 g/mol. The lowest BCUT2D eigenvalue weighted by Crippen LogP contribution is -2.54. The van der Waals surface area contributed by atoms with Crippen molar-refractivity contribution in [3.8, 4) is 0 Å². The van der Waals surface area contributed by atoms with Gasteiger partial charge in [0, 0.05) is 44.6 Å². The number of hydrogen-bond donors (Lipinski definition) is 2. The van der Waals surface area contributed by atoms with E-state index < -0.39 is 5.60 Å². The van der Waals surface area contributed by atoms with Gasteiger partial charge in [0.1, 0.15) is 0 Å². The van der Waals surface area contributed by atoms with Crippen LogP contribution >= 0.6 is 0 Å². The molecule has 2 amide bonds. The van der Waals surface area contributed by atoms with Crippen LogP contribution in [0.25, 0.3) is 0 Å². The largest absolute Gasteiger partial charge is 0.385 e. The standard InChI is InChI=1S/C21H27N5O2/c27-20(24-18-8-4-13-26(16-18)19-22-11-5-12-23-19)25-14-9-21(28,10-15-25)17-6-2-1-3-7-17/h1-3,5-7,11-12,18,28H,4,8-10,13-16H2,(H,24,27)/t18-/m1/s1. The van der Waals surface area contributed by atoms with Crippen LogP contribution in [0.2, 0.25) is 0 Å². The van der Waals surface area contributed by atoms with Gasteiger partial charge in [-0.05, 0) is 37.3 Å². The number of benzene rings is 1. The second-order valence-corrected chi connectivity index (χ2v) is 7.67. The lowest BCUT2D eigenvalue weighted by molar-refractivity contribution is -0.0170. The summed E-state index contributed by atoms with van der Waals surface area (Å²) in [6.45, 7) is 2.73. The zero-order valence-electron chi connectivity index (χ0n) is 16.0. The van der Waals surface area contributed by atoms with E-state index in [1.807, 2.05) is 35.2 Å². The Morgan fingerprint density at radius 3 is 2.50 bits per heavy atom. The average molecular weight is 381 g/mol. The summed E-state index contributed by atoms with van der Waals surface area (Å²) in [6.07, 6.45) is 6.55. The van der Waals surface area contributed by atoms with Crippen molar-refractivity contribution in [2.45, 2.75) is 37.3 Å². The number of nitrogens with zero attached hydrogens (tertiary/aromatic N) is 4. The number of carbonyl (C=O) groups is 1. The lowest BCUT2D eigenvalue weighted by atomic mass is 9.84. The molecule has 0 spiro atoms. The predicted molar refractivity (Wildman–Crippen MR) is 107 cm³/mol. The van der Waals surface area contributed by atoms with Crippen molar-refractivity contribution in [2.75, 3.05) is 31.1 Å². The molecule has 2 N–H and O–H groups in total. The molecule has 7 nitrogen and oxygen atoms in total. The number of carbonyl (C=O) groups excluding carboxylic acids is 1. The maximum absolute atomic E-state index is 12.7. The maximum atomic E-state index is 12.7. The quantitative estimate of drug-likeness (QED) is 0.851. The number of urea groups is 1. The number of nitrogens with one attached hydrogen (secondary N) is 1. The normalized spacial score (nSPS) is 22.0. The smallest absolute Gasteiger partial charge is 0.317 e. The van der Waals surface area contributed by atoms with Gasteiger partial charge in [-0.2, -0.15) is 0 Å². The maximum Gasteiger partial charge on any atom is 0.317 e. The molecule has 0 saturated carbocycles. The van der Waals surface area contributed by atoms with Crippen LogP contribution in [0.15, 0.2) is 48.8 Å². The fourth-order valence-electron chi connectivity index (χ4n) is 4.11. The van der Waals surface area contributed by atoms with Gasteiger partial charge in [0.2, 0.25) is 5.95 Å². The van der Waals surface area contributed by atoms with Crippen LogP contribution in [-0.4, -0.2) is 58.2 Å². The van der Waals surface area contributed by atoms with Crippen molar-refractivity contribution in [3.05, 3.63) is 54.4 Å².